The lowest BCUT2D eigenvalue weighted by Crippen LogP contribution is -2.53. The molecule has 0 amide bonds. The first kappa shape index (κ1) is 18.4. The number of hydrogen-bond acceptors (Lipinski definition) is 4. The predicted octanol–water partition coefficient (Wildman–Crippen LogP) is 2.46. The summed E-state index contributed by atoms with van der Waals surface area (Å²) in [5.74, 6) is 0. The van der Waals surface area contributed by atoms with Crippen LogP contribution in [0.4, 0.5) is 0 Å². The molecule has 1 aliphatic rings. The van der Waals surface area contributed by atoms with E-state index in [9.17, 15) is 5.26 Å². The quantitative estimate of drug-likeness (QED) is 0.817. The molecule has 1 unspecified atom stereocenters. The molecule has 0 aromatic rings. The summed E-state index contributed by atoms with van der Waals surface area (Å²) in [6.45, 7) is 18.8. The summed E-state index contributed by atoms with van der Waals surface area (Å²) in [4.78, 5) is 5.10. The van der Waals surface area contributed by atoms with Gasteiger partial charge in [0.25, 0.3) is 0 Å². The first-order valence-corrected chi connectivity index (χ1v) is 8.33. The Hall–Kier alpha value is -0.630. The number of nitrogens with zero attached hydrogens (tertiary/aromatic N) is 3. The van der Waals surface area contributed by atoms with E-state index < -0.39 is 0 Å². The molecular weight excluding hydrogens is 260 g/mol. The average Bonchev–Trinajstić information content (AvgIpc) is 2.37. The van der Waals surface area contributed by atoms with Crippen LogP contribution >= 0.6 is 0 Å². The average molecular weight is 294 g/mol. The Labute approximate surface area is 131 Å². The highest BCUT2D eigenvalue weighted by Gasteiger charge is 2.27. The molecule has 0 aliphatic carbocycles. The molecule has 0 aromatic heterocycles. The zero-order valence-corrected chi connectivity index (χ0v) is 14.9. The molecule has 0 saturated carbocycles. The highest BCUT2D eigenvalue weighted by molar-refractivity contribution is 5.04. The summed E-state index contributed by atoms with van der Waals surface area (Å²) in [7, 11) is 0. The maximum Gasteiger partial charge on any atom is 0.104 e. The molecule has 1 N–H and O–H groups in total. The van der Waals surface area contributed by atoms with Crippen molar-refractivity contribution in [2.75, 3.05) is 32.7 Å². The molecule has 21 heavy (non-hydrogen) atoms. The summed E-state index contributed by atoms with van der Waals surface area (Å²) in [5, 5.41) is 12.7. The fourth-order valence-corrected chi connectivity index (χ4v) is 3.10. The largest absolute Gasteiger partial charge is 0.301 e. The van der Waals surface area contributed by atoms with Crippen molar-refractivity contribution in [3.8, 4) is 6.07 Å². The molecule has 1 heterocycles. The molecule has 0 spiro atoms. The van der Waals surface area contributed by atoms with E-state index in [4.69, 9.17) is 0 Å². The molecule has 1 fully saturated rings. The van der Waals surface area contributed by atoms with E-state index in [0.717, 1.165) is 45.6 Å². The molecule has 0 radical (unpaired) electrons. The molecule has 4 heteroatoms. The van der Waals surface area contributed by atoms with E-state index >= 15 is 0 Å². The van der Waals surface area contributed by atoms with Crippen LogP contribution in [-0.4, -0.2) is 59.6 Å². The van der Waals surface area contributed by atoms with Crippen molar-refractivity contribution in [2.45, 2.75) is 71.5 Å². The van der Waals surface area contributed by atoms with Gasteiger partial charge in [-0.25, -0.2) is 0 Å². The van der Waals surface area contributed by atoms with Crippen LogP contribution in [0.1, 0.15) is 54.4 Å². The van der Waals surface area contributed by atoms with E-state index in [2.05, 4.69) is 55.8 Å². The monoisotopic (exact) mass is 294 g/mol. The minimum Gasteiger partial charge on any atom is -0.301 e. The van der Waals surface area contributed by atoms with Gasteiger partial charge in [-0.1, -0.05) is 0 Å². The molecule has 122 valence electrons. The highest BCUT2D eigenvalue weighted by atomic mass is 15.3. The minimum atomic E-state index is -0.388. The van der Waals surface area contributed by atoms with Crippen molar-refractivity contribution in [1.82, 2.24) is 15.1 Å². The third-order valence-electron chi connectivity index (χ3n) is 4.33. The smallest absolute Gasteiger partial charge is 0.104 e. The van der Waals surface area contributed by atoms with Crippen LogP contribution in [0, 0.1) is 11.3 Å². The van der Waals surface area contributed by atoms with Gasteiger partial charge < -0.3 is 4.90 Å². The van der Waals surface area contributed by atoms with E-state index in [1.165, 1.54) is 0 Å². The molecule has 1 saturated heterocycles. The van der Waals surface area contributed by atoms with Gasteiger partial charge in [-0.2, -0.15) is 5.26 Å². The Morgan fingerprint density at radius 2 is 1.67 bits per heavy atom. The van der Waals surface area contributed by atoms with Gasteiger partial charge in [0.05, 0.1) is 6.07 Å². The number of nitriles is 1. The van der Waals surface area contributed by atoms with Gasteiger partial charge >= 0.3 is 0 Å². The standard InChI is InChI=1S/C17H34N4/c1-15(2)19-17(6,14-18)8-7-9-20-10-12-21(13-11-20)16(3,4)5/h15,19H,7-13H2,1-6H3. The van der Waals surface area contributed by atoms with Gasteiger partial charge in [0.2, 0.25) is 0 Å². The van der Waals surface area contributed by atoms with Crippen LogP contribution < -0.4 is 5.32 Å². The Balaban J connectivity index is 2.30. The van der Waals surface area contributed by atoms with Crippen LogP contribution in [0.25, 0.3) is 0 Å². The van der Waals surface area contributed by atoms with Crippen LogP contribution in [0.5, 0.6) is 0 Å². The fourth-order valence-electron chi connectivity index (χ4n) is 3.10. The minimum absolute atomic E-state index is 0.284. The third-order valence-corrected chi connectivity index (χ3v) is 4.33. The Bertz CT molecular complexity index is 345. The predicted molar refractivity (Wildman–Crippen MR) is 89.3 cm³/mol. The summed E-state index contributed by atoms with van der Waals surface area (Å²) in [6, 6.07) is 2.79. The lowest BCUT2D eigenvalue weighted by molar-refractivity contribution is 0.0610. The Morgan fingerprint density at radius 3 is 2.10 bits per heavy atom. The zero-order valence-electron chi connectivity index (χ0n) is 14.9. The van der Waals surface area contributed by atoms with Gasteiger partial charge in [0, 0.05) is 37.8 Å². The summed E-state index contributed by atoms with van der Waals surface area (Å²) in [5.41, 5.74) is -0.103. The van der Waals surface area contributed by atoms with Crippen LogP contribution in [-0.2, 0) is 0 Å². The van der Waals surface area contributed by atoms with Crippen molar-refractivity contribution in [1.29, 1.82) is 5.26 Å². The van der Waals surface area contributed by atoms with Crippen molar-refractivity contribution in [3.63, 3.8) is 0 Å². The van der Waals surface area contributed by atoms with E-state index in [1.54, 1.807) is 0 Å². The van der Waals surface area contributed by atoms with E-state index in [0.29, 0.717) is 6.04 Å². The molecule has 1 aliphatic heterocycles. The molecule has 1 rings (SSSR count). The number of rotatable bonds is 6. The first-order chi connectivity index (χ1) is 9.66. The molecule has 0 aromatic carbocycles. The second-order valence-electron chi connectivity index (χ2n) is 7.85. The maximum absolute atomic E-state index is 9.36. The van der Waals surface area contributed by atoms with Gasteiger partial charge in [0.1, 0.15) is 5.54 Å². The summed E-state index contributed by atoms with van der Waals surface area (Å²) >= 11 is 0. The van der Waals surface area contributed by atoms with Crippen LogP contribution in [0.3, 0.4) is 0 Å². The van der Waals surface area contributed by atoms with Crippen molar-refractivity contribution in [3.05, 3.63) is 0 Å². The summed E-state index contributed by atoms with van der Waals surface area (Å²) < 4.78 is 0. The molecule has 4 nitrogen and oxygen atoms in total. The number of piperazine rings is 1. The summed E-state index contributed by atoms with van der Waals surface area (Å²) in [6.07, 6.45) is 2.00. The number of hydrogen-bond donors (Lipinski definition) is 1. The third kappa shape index (κ3) is 6.34. The van der Waals surface area contributed by atoms with Crippen LogP contribution in [0.15, 0.2) is 0 Å². The Morgan fingerprint density at radius 1 is 1.10 bits per heavy atom. The number of nitrogens with one attached hydrogen (secondary N) is 1. The van der Waals surface area contributed by atoms with Crippen molar-refractivity contribution in [2.24, 2.45) is 0 Å². The second-order valence-corrected chi connectivity index (χ2v) is 7.85. The van der Waals surface area contributed by atoms with Gasteiger partial charge in [-0.3, -0.25) is 10.2 Å². The normalized spacial score (nSPS) is 21.2. The second kappa shape index (κ2) is 7.58. The van der Waals surface area contributed by atoms with Crippen LogP contribution in [0.2, 0.25) is 0 Å². The SMILES string of the molecule is CC(C)NC(C)(C#N)CCCN1CCN(C(C)(C)C)CC1. The highest BCUT2D eigenvalue weighted by Crippen LogP contribution is 2.17. The van der Waals surface area contributed by atoms with E-state index in [-0.39, 0.29) is 11.1 Å². The Kier molecular flexibility index (Phi) is 6.65. The fraction of sp³-hybridized carbons (Fsp3) is 0.941. The van der Waals surface area contributed by atoms with Gasteiger partial charge in [0.15, 0.2) is 0 Å². The zero-order chi connectivity index (χ0) is 16.1. The lowest BCUT2D eigenvalue weighted by Gasteiger charge is -2.42. The molecule has 0 bridgehead atoms. The van der Waals surface area contributed by atoms with Crippen molar-refractivity contribution < 1.29 is 0 Å². The van der Waals surface area contributed by atoms with Gasteiger partial charge in [-0.15, -0.1) is 0 Å². The van der Waals surface area contributed by atoms with E-state index in [1.807, 2.05) is 6.92 Å². The lowest BCUT2D eigenvalue weighted by atomic mass is 9.96. The first-order valence-electron chi connectivity index (χ1n) is 8.33. The topological polar surface area (TPSA) is 42.3 Å². The van der Waals surface area contributed by atoms with Crippen molar-refractivity contribution >= 4 is 0 Å². The maximum atomic E-state index is 9.36. The molecular formula is C17H34N4. The van der Waals surface area contributed by atoms with Gasteiger partial charge in [-0.05, 0) is 60.9 Å². The molecule has 1 atom stereocenters.